The van der Waals surface area contributed by atoms with E-state index in [1.807, 2.05) is 12.1 Å². The fourth-order valence-corrected chi connectivity index (χ4v) is 1.05. The minimum atomic E-state index is -0.0852. The number of aliphatic hydroxyl groups is 1. The van der Waals surface area contributed by atoms with Crippen molar-refractivity contribution in [3.63, 3.8) is 0 Å². The summed E-state index contributed by atoms with van der Waals surface area (Å²) in [6.07, 6.45) is 3.29. The van der Waals surface area contributed by atoms with Crippen molar-refractivity contribution in [1.29, 1.82) is 0 Å². The van der Waals surface area contributed by atoms with Gasteiger partial charge in [0.05, 0.1) is 19.1 Å². The topological polar surface area (TPSA) is 64.1 Å². The first-order valence-electron chi connectivity index (χ1n) is 3.91. The Hall–Kier alpha value is -1.62. The summed E-state index contributed by atoms with van der Waals surface area (Å²) in [4.78, 5) is 0. The summed E-state index contributed by atoms with van der Waals surface area (Å²) in [6.45, 7) is 0.457. The first kappa shape index (κ1) is 8.00. The number of nitrogens with zero attached hydrogens (tertiary/aromatic N) is 3. The van der Waals surface area contributed by atoms with Gasteiger partial charge < -0.3 is 9.52 Å². The predicted molar refractivity (Wildman–Crippen MR) is 43.8 cm³/mol. The lowest BCUT2D eigenvalue weighted by Gasteiger charge is -1.93. The lowest BCUT2D eigenvalue weighted by atomic mass is 10.4. The van der Waals surface area contributed by atoms with Crippen molar-refractivity contribution in [2.24, 2.45) is 0 Å². The molecule has 2 aromatic heterocycles. The molecule has 0 atom stereocenters. The summed E-state index contributed by atoms with van der Waals surface area (Å²) in [7, 11) is 0. The van der Waals surface area contributed by atoms with Crippen LogP contribution in [0, 0.1) is 0 Å². The third-order valence-electron chi connectivity index (χ3n) is 1.65. The van der Waals surface area contributed by atoms with Gasteiger partial charge in [-0.05, 0) is 12.1 Å². The maximum atomic E-state index is 8.74. The number of hydrogen-bond acceptors (Lipinski definition) is 4. The molecular formula is C8H9N3O2. The van der Waals surface area contributed by atoms with Crippen LogP contribution in [-0.4, -0.2) is 20.1 Å². The van der Waals surface area contributed by atoms with Gasteiger partial charge in [0.2, 0.25) is 0 Å². The van der Waals surface area contributed by atoms with Crippen molar-refractivity contribution in [1.82, 2.24) is 15.0 Å². The van der Waals surface area contributed by atoms with Crippen molar-refractivity contribution in [2.75, 3.05) is 0 Å². The Morgan fingerprint density at radius 1 is 1.54 bits per heavy atom. The van der Waals surface area contributed by atoms with Crippen LogP contribution >= 0.6 is 0 Å². The molecule has 1 N–H and O–H groups in total. The van der Waals surface area contributed by atoms with Gasteiger partial charge >= 0.3 is 0 Å². The molecule has 0 radical (unpaired) electrons. The number of hydrogen-bond donors (Lipinski definition) is 1. The number of furan rings is 1. The number of aromatic nitrogens is 3. The molecule has 0 aromatic carbocycles. The van der Waals surface area contributed by atoms with E-state index in [4.69, 9.17) is 9.52 Å². The molecule has 0 amide bonds. The second-order valence-electron chi connectivity index (χ2n) is 2.64. The van der Waals surface area contributed by atoms with Crippen LogP contribution in [0.1, 0.15) is 11.5 Å². The minimum Gasteiger partial charge on any atom is -0.467 e. The van der Waals surface area contributed by atoms with E-state index >= 15 is 0 Å². The van der Waals surface area contributed by atoms with Crippen LogP contribution in [-0.2, 0) is 13.2 Å². The Morgan fingerprint density at radius 3 is 3.08 bits per heavy atom. The Kier molecular flexibility index (Phi) is 2.09. The van der Waals surface area contributed by atoms with Crippen LogP contribution in [0.2, 0.25) is 0 Å². The van der Waals surface area contributed by atoms with E-state index in [-0.39, 0.29) is 6.61 Å². The van der Waals surface area contributed by atoms with Gasteiger partial charge in [0.1, 0.15) is 18.0 Å². The smallest absolute Gasteiger partial charge is 0.125 e. The van der Waals surface area contributed by atoms with Crippen molar-refractivity contribution in [3.8, 4) is 0 Å². The Labute approximate surface area is 74.6 Å². The molecule has 0 saturated heterocycles. The summed E-state index contributed by atoms with van der Waals surface area (Å²) in [6, 6.07) is 3.68. The molecule has 68 valence electrons. The van der Waals surface area contributed by atoms with Crippen molar-refractivity contribution < 1.29 is 9.52 Å². The fraction of sp³-hybridized carbons (Fsp3) is 0.250. The van der Waals surface area contributed by atoms with E-state index in [1.165, 1.54) is 0 Å². The zero-order valence-corrected chi connectivity index (χ0v) is 6.92. The Morgan fingerprint density at radius 2 is 2.46 bits per heavy atom. The Bertz CT molecular complexity index is 366. The maximum Gasteiger partial charge on any atom is 0.125 e. The maximum absolute atomic E-state index is 8.74. The van der Waals surface area contributed by atoms with Gasteiger partial charge in [0.25, 0.3) is 0 Å². The highest BCUT2D eigenvalue weighted by Gasteiger charge is 2.01. The molecule has 2 rings (SSSR count). The van der Waals surface area contributed by atoms with Crippen molar-refractivity contribution in [3.05, 3.63) is 36.0 Å². The molecule has 2 heterocycles. The summed E-state index contributed by atoms with van der Waals surface area (Å²) in [5.41, 5.74) is 0.562. The highest BCUT2D eigenvalue weighted by Crippen LogP contribution is 2.02. The van der Waals surface area contributed by atoms with Crippen molar-refractivity contribution in [2.45, 2.75) is 13.2 Å². The van der Waals surface area contributed by atoms with Gasteiger partial charge in [-0.15, -0.1) is 5.10 Å². The molecule has 0 spiro atoms. The Balaban J connectivity index is 2.10. The molecule has 2 aromatic rings. The van der Waals surface area contributed by atoms with E-state index in [0.29, 0.717) is 12.2 Å². The molecule has 0 saturated carbocycles. The third-order valence-corrected chi connectivity index (χ3v) is 1.65. The van der Waals surface area contributed by atoms with Gasteiger partial charge in [-0.25, -0.2) is 4.68 Å². The number of rotatable bonds is 3. The van der Waals surface area contributed by atoms with Gasteiger partial charge in [-0.2, -0.15) is 0 Å². The number of aliphatic hydroxyl groups excluding tert-OH is 1. The zero-order chi connectivity index (χ0) is 9.10. The van der Waals surface area contributed by atoms with Crippen LogP contribution in [0.5, 0.6) is 0 Å². The van der Waals surface area contributed by atoms with Crippen LogP contribution in [0.3, 0.4) is 0 Å². The molecule has 0 aliphatic heterocycles. The minimum absolute atomic E-state index is 0.0852. The molecule has 5 heteroatoms. The molecule has 0 bridgehead atoms. The summed E-state index contributed by atoms with van der Waals surface area (Å²) in [5, 5.41) is 16.3. The highest BCUT2D eigenvalue weighted by atomic mass is 16.3. The molecule has 13 heavy (non-hydrogen) atoms. The van der Waals surface area contributed by atoms with Crippen LogP contribution in [0.4, 0.5) is 0 Å². The van der Waals surface area contributed by atoms with Gasteiger partial charge in [0, 0.05) is 0 Å². The van der Waals surface area contributed by atoms with Gasteiger partial charge in [0.15, 0.2) is 0 Å². The monoisotopic (exact) mass is 179 g/mol. The SMILES string of the molecule is OCc1cn(Cc2ccco2)nn1. The van der Waals surface area contributed by atoms with E-state index in [9.17, 15) is 0 Å². The average molecular weight is 179 g/mol. The first-order chi connectivity index (χ1) is 6.38. The normalized spacial score (nSPS) is 10.5. The standard InChI is InChI=1S/C8H9N3O2/c12-6-7-4-11(10-9-7)5-8-2-1-3-13-8/h1-4,12H,5-6H2. The fourth-order valence-electron chi connectivity index (χ4n) is 1.05. The van der Waals surface area contributed by atoms with E-state index in [2.05, 4.69) is 10.3 Å². The van der Waals surface area contributed by atoms with E-state index < -0.39 is 0 Å². The summed E-state index contributed by atoms with van der Waals surface area (Å²) < 4.78 is 6.74. The van der Waals surface area contributed by atoms with E-state index in [1.54, 1.807) is 17.1 Å². The zero-order valence-electron chi connectivity index (χ0n) is 6.92. The lowest BCUT2D eigenvalue weighted by molar-refractivity contribution is 0.276. The third kappa shape index (κ3) is 1.75. The van der Waals surface area contributed by atoms with E-state index in [0.717, 1.165) is 5.76 Å². The molecule has 0 aliphatic carbocycles. The van der Waals surface area contributed by atoms with Crippen molar-refractivity contribution >= 4 is 0 Å². The van der Waals surface area contributed by atoms with Crippen LogP contribution in [0.25, 0.3) is 0 Å². The average Bonchev–Trinajstić information content (AvgIpc) is 2.76. The first-order valence-corrected chi connectivity index (χ1v) is 3.91. The molecule has 5 nitrogen and oxygen atoms in total. The summed E-state index contributed by atoms with van der Waals surface area (Å²) >= 11 is 0. The second-order valence-corrected chi connectivity index (χ2v) is 2.64. The summed E-state index contributed by atoms with van der Waals surface area (Å²) in [5.74, 6) is 0.814. The van der Waals surface area contributed by atoms with Gasteiger partial charge in [-0.1, -0.05) is 5.21 Å². The molecule has 0 aliphatic rings. The lowest BCUT2D eigenvalue weighted by Crippen LogP contribution is -1.98. The quantitative estimate of drug-likeness (QED) is 0.741. The van der Waals surface area contributed by atoms with Crippen LogP contribution < -0.4 is 0 Å². The van der Waals surface area contributed by atoms with Gasteiger partial charge in [-0.3, -0.25) is 0 Å². The molecule has 0 fully saturated rings. The largest absolute Gasteiger partial charge is 0.467 e. The predicted octanol–water partition coefficient (Wildman–Crippen LogP) is 0.412. The second kappa shape index (κ2) is 3.40. The molecule has 0 unspecified atom stereocenters. The van der Waals surface area contributed by atoms with Crippen LogP contribution in [0.15, 0.2) is 29.0 Å². The highest BCUT2D eigenvalue weighted by molar-refractivity contribution is 4.99. The molecular weight excluding hydrogens is 170 g/mol.